The number of benzene rings is 2. The Labute approximate surface area is 215 Å². The fourth-order valence-electron chi connectivity index (χ4n) is 3.77. The second-order valence-corrected chi connectivity index (χ2v) is 10.3. The van der Waals surface area contributed by atoms with Gasteiger partial charge in [-0.15, -0.1) is 11.6 Å². The van der Waals surface area contributed by atoms with E-state index in [1.54, 1.807) is 12.1 Å². The Bertz CT molecular complexity index is 892. The summed E-state index contributed by atoms with van der Waals surface area (Å²) in [5.74, 6) is 1.04. The number of hydrogen-bond donors (Lipinski definition) is 0. The van der Waals surface area contributed by atoms with E-state index >= 15 is 0 Å². The lowest BCUT2D eigenvalue weighted by atomic mass is 9.90. The summed E-state index contributed by atoms with van der Waals surface area (Å²) in [5, 5.41) is -0.637. The van der Waals surface area contributed by atoms with Crippen LogP contribution in [-0.4, -0.2) is 44.4 Å². The lowest BCUT2D eigenvalue weighted by molar-refractivity contribution is -0.137. The number of esters is 1. The van der Waals surface area contributed by atoms with Crippen LogP contribution in [0, 0.1) is 11.3 Å². The van der Waals surface area contributed by atoms with Gasteiger partial charge in [0.15, 0.2) is 0 Å². The zero-order valence-corrected chi connectivity index (χ0v) is 22.0. The second-order valence-electron chi connectivity index (χ2n) is 9.88. The van der Waals surface area contributed by atoms with E-state index in [1.807, 2.05) is 50.2 Å². The van der Waals surface area contributed by atoms with Crippen molar-refractivity contribution in [1.29, 1.82) is 0 Å². The van der Waals surface area contributed by atoms with Gasteiger partial charge in [0.05, 0.1) is 26.4 Å². The van der Waals surface area contributed by atoms with Crippen LogP contribution in [0.2, 0.25) is 0 Å². The zero-order valence-electron chi connectivity index (χ0n) is 21.3. The van der Waals surface area contributed by atoms with Gasteiger partial charge in [0.1, 0.15) is 16.9 Å². The average molecular weight is 503 g/mol. The third-order valence-electron chi connectivity index (χ3n) is 6.43. The number of carbonyl (C=O) groups excluding carboxylic acids is 1. The highest BCUT2D eigenvalue weighted by Crippen LogP contribution is 2.27. The molecule has 192 valence electrons. The van der Waals surface area contributed by atoms with Crippen LogP contribution in [-0.2, 0) is 14.3 Å². The molecule has 0 amide bonds. The Morgan fingerprint density at radius 3 is 2.06 bits per heavy atom. The molecule has 0 spiro atoms. The van der Waals surface area contributed by atoms with Crippen LogP contribution in [0.4, 0.5) is 0 Å². The largest absolute Gasteiger partial charge is 0.494 e. The summed E-state index contributed by atoms with van der Waals surface area (Å²) in [5.41, 5.74) is 2.36. The Hall–Kier alpha value is -2.08. The SMILES string of the molecule is CC[C@H](C)[C@H](Cl)C(=O)Oc1ccc(-c2ccc(OCCCCCCOCC3(C)COC3)cc2)cc1. The first-order valence-corrected chi connectivity index (χ1v) is 13.2. The standard InChI is InChI=1S/C29H39ClO5/c1-4-22(2)27(30)28(31)35-26-15-11-24(12-16-26)23-9-13-25(14-10-23)34-18-8-6-5-7-17-32-19-29(3)20-33-21-29/h9-16,22,27H,4-8,17-21H2,1-3H3/t22-,27-/m0/s1. The van der Waals surface area contributed by atoms with Gasteiger partial charge in [0.2, 0.25) is 0 Å². The molecule has 0 radical (unpaired) electrons. The first kappa shape index (κ1) is 27.5. The summed E-state index contributed by atoms with van der Waals surface area (Å²) in [6.07, 6.45) is 5.25. The summed E-state index contributed by atoms with van der Waals surface area (Å²) in [6, 6.07) is 15.5. The van der Waals surface area contributed by atoms with Crippen molar-refractivity contribution in [2.45, 2.75) is 58.3 Å². The van der Waals surface area contributed by atoms with Crippen molar-refractivity contribution < 1.29 is 23.7 Å². The summed E-state index contributed by atoms with van der Waals surface area (Å²) in [6.45, 7) is 10.1. The molecule has 1 aliphatic rings. The predicted octanol–water partition coefficient (Wildman–Crippen LogP) is 6.90. The van der Waals surface area contributed by atoms with Gasteiger partial charge in [-0.1, -0.05) is 57.9 Å². The smallest absolute Gasteiger partial charge is 0.329 e. The molecule has 6 heteroatoms. The molecule has 2 atom stereocenters. The highest BCUT2D eigenvalue weighted by Gasteiger charge is 2.33. The quantitative estimate of drug-likeness (QED) is 0.115. The van der Waals surface area contributed by atoms with E-state index in [2.05, 4.69) is 6.92 Å². The van der Waals surface area contributed by atoms with E-state index in [0.29, 0.717) is 12.4 Å². The van der Waals surface area contributed by atoms with Crippen LogP contribution < -0.4 is 9.47 Å². The van der Waals surface area contributed by atoms with Gasteiger partial charge in [-0.3, -0.25) is 4.79 Å². The second kappa shape index (κ2) is 13.9. The van der Waals surface area contributed by atoms with E-state index < -0.39 is 11.3 Å². The van der Waals surface area contributed by atoms with Crippen molar-refractivity contribution in [3.63, 3.8) is 0 Å². The lowest BCUT2D eigenvalue weighted by Crippen LogP contribution is -2.43. The number of unbranched alkanes of at least 4 members (excludes halogenated alkanes) is 3. The average Bonchev–Trinajstić information content (AvgIpc) is 2.86. The zero-order chi connectivity index (χ0) is 25.1. The topological polar surface area (TPSA) is 54.0 Å². The Kier molecular flexibility index (Phi) is 10.9. The number of rotatable bonds is 15. The minimum Gasteiger partial charge on any atom is -0.494 e. The summed E-state index contributed by atoms with van der Waals surface area (Å²) in [4.78, 5) is 12.2. The molecule has 0 unspecified atom stereocenters. The fraction of sp³-hybridized carbons (Fsp3) is 0.552. The minimum absolute atomic E-state index is 0.0742. The molecule has 0 bridgehead atoms. The molecule has 0 N–H and O–H groups in total. The maximum absolute atomic E-state index is 12.2. The van der Waals surface area contributed by atoms with Crippen LogP contribution >= 0.6 is 11.6 Å². The number of halogens is 1. The van der Waals surface area contributed by atoms with Crippen LogP contribution in [0.1, 0.15) is 52.9 Å². The molecule has 3 rings (SSSR count). The monoisotopic (exact) mass is 502 g/mol. The van der Waals surface area contributed by atoms with Gasteiger partial charge < -0.3 is 18.9 Å². The van der Waals surface area contributed by atoms with Crippen LogP contribution in [0.5, 0.6) is 11.5 Å². The molecule has 0 aliphatic carbocycles. The van der Waals surface area contributed by atoms with E-state index in [-0.39, 0.29) is 11.3 Å². The summed E-state index contributed by atoms with van der Waals surface area (Å²) >= 11 is 6.18. The molecule has 35 heavy (non-hydrogen) atoms. The third-order valence-corrected chi connectivity index (χ3v) is 7.04. The first-order chi connectivity index (χ1) is 16.9. The molecule has 2 aromatic carbocycles. The van der Waals surface area contributed by atoms with Crippen molar-refractivity contribution in [3.05, 3.63) is 48.5 Å². The first-order valence-electron chi connectivity index (χ1n) is 12.7. The van der Waals surface area contributed by atoms with E-state index in [9.17, 15) is 4.79 Å². The maximum atomic E-state index is 12.2. The van der Waals surface area contributed by atoms with Crippen molar-refractivity contribution >= 4 is 17.6 Å². The molecule has 5 nitrogen and oxygen atoms in total. The molecular formula is C29H39ClO5. The van der Waals surface area contributed by atoms with Crippen molar-refractivity contribution in [3.8, 4) is 22.6 Å². The molecule has 2 aromatic rings. The molecule has 1 saturated heterocycles. The summed E-state index contributed by atoms with van der Waals surface area (Å²) in [7, 11) is 0. The van der Waals surface area contributed by atoms with Gasteiger partial charge in [0.25, 0.3) is 0 Å². The highest BCUT2D eigenvalue weighted by atomic mass is 35.5. The molecule has 1 aliphatic heterocycles. The molecule has 1 heterocycles. The van der Waals surface area contributed by atoms with Crippen LogP contribution in [0.15, 0.2) is 48.5 Å². The van der Waals surface area contributed by atoms with Gasteiger partial charge in [-0.05, 0) is 60.6 Å². The minimum atomic E-state index is -0.637. The van der Waals surface area contributed by atoms with Crippen molar-refractivity contribution in [2.75, 3.05) is 33.0 Å². The Balaban J connectivity index is 1.31. The van der Waals surface area contributed by atoms with E-state index in [1.165, 1.54) is 0 Å². The Morgan fingerprint density at radius 1 is 0.943 bits per heavy atom. The fourth-order valence-corrected chi connectivity index (χ4v) is 4.00. The lowest BCUT2D eigenvalue weighted by Gasteiger charge is -2.37. The molecule has 0 aromatic heterocycles. The van der Waals surface area contributed by atoms with Gasteiger partial charge in [-0.25, -0.2) is 0 Å². The number of ether oxygens (including phenoxy) is 4. The van der Waals surface area contributed by atoms with Crippen LogP contribution in [0.3, 0.4) is 0 Å². The maximum Gasteiger partial charge on any atom is 0.329 e. The van der Waals surface area contributed by atoms with Gasteiger partial charge >= 0.3 is 5.97 Å². The van der Waals surface area contributed by atoms with E-state index in [4.69, 9.17) is 30.5 Å². The van der Waals surface area contributed by atoms with Crippen molar-refractivity contribution in [1.82, 2.24) is 0 Å². The number of hydrogen-bond acceptors (Lipinski definition) is 5. The molecule has 1 fully saturated rings. The third kappa shape index (κ3) is 8.82. The predicted molar refractivity (Wildman–Crippen MR) is 140 cm³/mol. The normalized spacial score (nSPS) is 16.2. The van der Waals surface area contributed by atoms with Gasteiger partial charge in [-0.2, -0.15) is 0 Å². The van der Waals surface area contributed by atoms with Crippen LogP contribution in [0.25, 0.3) is 11.1 Å². The Morgan fingerprint density at radius 2 is 1.51 bits per heavy atom. The highest BCUT2D eigenvalue weighted by molar-refractivity contribution is 6.30. The number of carbonyl (C=O) groups is 1. The van der Waals surface area contributed by atoms with Gasteiger partial charge in [0, 0.05) is 12.0 Å². The summed E-state index contributed by atoms with van der Waals surface area (Å²) < 4.78 is 22.3. The van der Waals surface area contributed by atoms with E-state index in [0.717, 1.165) is 75.4 Å². The molecular weight excluding hydrogens is 464 g/mol. The van der Waals surface area contributed by atoms with Crippen molar-refractivity contribution in [2.24, 2.45) is 11.3 Å². The number of alkyl halides is 1. The molecule has 0 saturated carbocycles.